The van der Waals surface area contributed by atoms with E-state index in [9.17, 15) is 5.11 Å². The number of phenolic OH excluding ortho intramolecular Hbond substituents is 1. The van der Waals surface area contributed by atoms with Gasteiger partial charge in [-0.3, -0.25) is 0 Å². The summed E-state index contributed by atoms with van der Waals surface area (Å²) < 4.78 is 6.21. The number of phenols is 1. The van der Waals surface area contributed by atoms with Crippen molar-refractivity contribution < 1.29 is 9.84 Å². The monoisotopic (exact) mass is 396 g/mol. The van der Waals surface area contributed by atoms with Gasteiger partial charge in [0, 0.05) is 5.56 Å². The van der Waals surface area contributed by atoms with Crippen LogP contribution in [0.4, 0.5) is 0 Å². The number of aromatic hydroxyl groups is 1. The van der Waals surface area contributed by atoms with Crippen LogP contribution in [0.25, 0.3) is 0 Å². The highest BCUT2D eigenvalue weighted by Crippen LogP contribution is 2.28. The molecule has 0 saturated heterocycles. The Hall–Kier alpha value is -1.96. The molecule has 2 aromatic carbocycles. The molecule has 0 spiro atoms. The number of rotatable bonds is 15. The van der Waals surface area contributed by atoms with Crippen LogP contribution in [0, 0.1) is 0 Å². The number of ether oxygens (including phenoxy) is 1. The number of para-hydroxylation sites is 1. The second-order valence-electron chi connectivity index (χ2n) is 8.14. The third-order valence-corrected chi connectivity index (χ3v) is 5.68. The average molecular weight is 397 g/mol. The summed E-state index contributed by atoms with van der Waals surface area (Å²) in [5.74, 6) is 1.30. The molecular weight excluding hydrogens is 356 g/mol. The van der Waals surface area contributed by atoms with Crippen molar-refractivity contribution in [1.82, 2.24) is 0 Å². The van der Waals surface area contributed by atoms with Crippen molar-refractivity contribution in [2.24, 2.45) is 0 Å². The first-order valence-electron chi connectivity index (χ1n) is 11.8. The number of hydrogen-bond acceptors (Lipinski definition) is 2. The molecule has 0 atom stereocenters. The van der Waals surface area contributed by atoms with Crippen molar-refractivity contribution in [2.45, 2.75) is 97.5 Å². The first kappa shape index (κ1) is 23.3. The molecule has 0 aliphatic heterocycles. The van der Waals surface area contributed by atoms with E-state index in [0.717, 1.165) is 24.2 Å². The fourth-order valence-electron chi connectivity index (χ4n) is 3.88. The molecule has 0 unspecified atom stereocenters. The van der Waals surface area contributed by atoms with Crippen molar-refractivity contribution >= 4 is 0 Å². The van der Waals surface area contributed by atoms with Crippen LogP contribution in [0.3, 0.4) is 0 Å². The summed E-state index contributed by atoms with van der Waals surface area (Å²) in [5, 5.41) is 10.0. The van der Waals surface area contributed by atoms with E-state index in [0.29, 0.717) is 12.4 Å². The molecule has 29 heavy (non-hydrogen) atoms. The SMILES string of the molecule is CCCCCCCc1cccc(OCc2ccccc2O)c1CCCCCCC. The summed E-state index contributed by atoms with van der Waals surface area (Å²) in [5.41, 5.74) is 3.67. The van der Waals surface area contributed by atoms with Crippen molar-refractivity contribution in [3.8, 4) is 11.5 Å². The Kier molecular flexibility index (Phi) is 11.3. The summed E-state index contributed by atoms with van der Waals surface area (Å²) >= 11 is 0. The van der Waals surface area contributed by atoms with Gasteiger partial charge in [0.05, 0.1) is 0 Å². The van der Waals surface area contributed by atoms with E-state index in [2.05, 4.69) is 32.0 Å². The molecule has 0 aliphatic carbocycles. The second kappa shape index (κ2) is 14.1. The highest BCUT2D eigenvalue weighted by molar-refractivity contribution is 5.41. The zero-order chi connectivity index (χ0) is 20.7. The number of aryl methyl sites for hydroxylation is 1. The quantitative estimate of drug-likeness (QED) is 0.309. The van der Waals surface area contributed by atoms with Gasteiger partial charge in [-0.05, 0) is 48.9 Å². The van der Waals surface area contributed by atoms with Crippen LogP contribution in [0.5, 0.6) is 11.5 Å². The molecule has 0 saturated carbocycles. The lowest BCUT2D eigenvalue weighted by Crippen LogP contribution is -2.03. The van der Waals surface area contributed by atoms with Gasteiger partial charge in [0.2, 0.25) is 0 Å². The Morgan fingerprint density at radius 3 is 1.97 bits per heavy atom. The fourth-order valence-corrected chi connectivity index (χ4v) is 3.88. The van der Waals surface area contributed by atoms with E-state index in [1.807, 2.05) is 18.2 Å². The van der Waals surface area contributed by atoms with Gasteiger partial charge >= 0.3 is 0 Å². The Morgan fingerprint density at radius 1 is 0.655 bits per heavy atom. The standard InChI is InChI=1S/C27H40O2/c1-3-5-7-9-11-16-23-18-15-21-27(25(23)19-12-10-8-6-4-2)29-22-24-17-13-14-20-26(24)28/h13-15,17-18,20-21,28H,3-12,16,19,22H2,1-2H3. The summed E-state index contributed by atoms with van der Waals surface area (Å²) in [7, 11) is 0. The van der Waals surface area contributed by atoms with E-state index in [-0.39, 0.29) is 0 Å². The normalized spacial score (nSPS) is 11.0. The van der Waals surface area contributed by atoms with Crippen molar-refractivity contribution in [3.63, 3.8) is 0 Å². The molecular formula is C27H40O2. The molecule has 0 fully saturated rings. The van der Waals surface area contributed by atoms with Gasteiger partial charge in [0.25, 0.3) is 0 Å². The maximum absolute atomic E-state index is 10.0. The van der Waals surface area contributed by atoms with Crippen LogP contribution in [-0.4, -0.2) is 5.11 Å². The molecule has 0 radical (unpaired) electrons. The largest absolute Gasteiger partial charge is 0.508 e. The first-order valence-corrected chi connectivity index (χ1v) is 11.8. The smallest absolute Gasteiger partial charge is 0.123 e. The highest BCUT2D eigenvalue weighted by atomic mass is 16.5. The predicted molar refractivity (Wildman–Crippen MR) is 124 cm³/mol. The molecule has 0 amide bonds. The summed E-state index contributed by atoms with van der Waals surface area (Å²) in [6, 6.07) is 14.0. The van der Waals surface area contributed by atoms with Crippen LogP contribution < -0.4 is 4.74 Å². The molecule has 2 aromatic rings. The molecule has 160 valence electrons. The van der Waals surface area contributed by atoms with Crippen LogP contribution in [-0.2, 0) is 19.4 Å². The number of unbranched alkanes of at least 4 members (excludes halogenated alkanes) is 8. The van der Waals surface area contributed by atoms with Crippen LogP contribution in [0.15, 0.2) is 42.5 Å². The Labute approximate surface area is 178 Å². The second-order valence-corrected chi connectivity index (χ2v) is 8.14. The zero-order valence-corrected chi connectivity index (χ0v) is 18.6. The maximum Gasteiger partial charge on any atom is 0.123 e. The summed E-state index contributed by atoms with van der Waals surface area (Å²) in [6.45, 7) is 4.94. The van der Waals surface area contributed by atoms with E-state index in [4.69, 9.17) is 4.74 Å². The third kappa shape index (κ3) is 8.51. The number of hydrogen-bond donors (Lipinski definition) is 1. The minimum Gasteiger partial charge on any atom is -0.508 e. The molecule has 0 heterocycles. The van der Waals surface area contributed by atoms with E-state index >= 15 is 0 Å². The Morgan fingerprint density at radius 2 is 1.28 bits per heavy atom. The molecule has 0 aliphatic rings. The van der Waals surface area contributed by atoms with Gasteiger partial charge in [0.1, 0.15) is 18.1 Å². The zero-order valence-electron chi connectivity index (χ0n) is 18.6. The van der Waals surface area contributed by atoms with Crippen LogP contribution in [0.1, 0.15) is 94.7 Å². The Bertz CT molecular complexity index is 693. The topological polar surface area (TPSA) is 29.5 Å². The van der Waals surface area contributed by atoms with Gasteiger partial charge in [0.15, 0.2) is 0 Å². The van der Waals surface area contributed by atoms with E-state index in [1.165, 1.54) is 75.3 Å². The van der Waals surface area contributed by atoms with Crippen LogP contribution in [0.2, 0.25) is 0 Å². The van der Waals surface area contributed by atoms with E-state index in [1.54, 1.807) is 6.07 Å². The van der Waals surface area contributed by atoms with Crippen molar-refractivity contribution in [2.75, 3.05) is 0 Å². The van der Waals surface area contributed by atoms with Crippen molar-refractivity contribution in [3.05, 3.63) is 59.2 Å². The third-order valence-electron chi connectivity index (χ3n) is 5.68. The lowest BCUT2D eigenvalue weighted by molar-refractivity contribution is 0.295. The molecule has 2 rings (SSSR count). The number of benzene rings is 2. The molecule has 0 aromatic heterocycles. The van der Waals surface area contributed by atoms with Gasteiger partial charge in [-0.1, -0.05) is 95.5 Å². The van der Waals surface area contributed by atoms with Gasteiger partial charge in [-0.15, -0.1) is 0 Å². The average Bonchev–Trinajstić information content (AvgIpc) is 2.74. The molecule has 2 heteroatoms. The molecule has 2 nitrogen and oxygen atoms in total. The summed E-state index contributed by atoms with van der Waals surface area (Å²) in [4.78, 5) is 0. The highest BCUT2D eigenvalue weighted by Gasteiger charge is 2.11. The lowest BCUT2D eigenvalue weighted by Gasteiger charge is -2.16. The Balaban J connectivity index is 2.04. The maximum atomic E-state index is 10.0. The molecule has 1 N–H and O–H groups in total. The molecule has 0 bridgehead atoms. The van der Waals surface area contributed by atoms with Crippen molar-refractivity contribution in [1.29, 1.82) is 0 Å². The van der Waals surface area contributed by atoms with Crippen LogP contribution >= 0.6 is 0 Å². The fraction of sp³-hybridized carbons (Fsp3) is 0.556. The van der Waals surface area contributed by atoms with Gasteiger partial charge < -0.3 is 9.84 Å². The van der Waals surface area contributed by atoms with Gasteiger partial charge in [-0.2, -0.15) is 0 Å². The minimum atomic E-state index is 0.306. The lowest BCUT2D eigenvalue weighted by atomic mass is 9.95. The first-order chi connectivity index (χ1) is 14.3. The predicted octanol–water partition coefficient (Wildman–Crippen LogP) is 8.00. The van der Waals surface area contributed by atoms with Gasteiger partial charge in [-0.25, -0.2) is 0 Å². The summed E-state index contributed by atoms with van der Waals surface area (Å²) in [6.07, 6.45) is 15.2. The van der Waals surface area contributed by atoms with E-state index < -0.39 is 0 Å². The minimum absolute atomic E-state index is 0.306.